The summed E-state index contributed by atoms with van der Waals surface area (Å²) in [6, 6.07) is 16.3. The molecule has 0 spiro atoms. The molecule has 3 rings (SSSR count). The highest BCUT2D eigenvalue weighted by atomic mass is 127. The molecule has 1 heterocycles. The van der Waals surface area contributed by atoms with Crippen molar-refractivity contribution in [3.63, 3.8) is 0 Å². The lowest BCUT2D eigenvalue weighted by molar-refractivity contribution is 0.311. The molecule has 0 amide bonds. The number of imidazole rings is 1. The zero-order valence-electron chi connectivity index (χ0n) is 18.9. The fraction of sp³-hybridized carbons (Fsp3) is 0.333. The van der Waals surface area contributed by atoms with Crippen LogP contribution in [0.1, 0.15) is 24.7 Å². The van der Waals surface area contributed by atoms with Crippen LogP contribution in [0.25, 0.3) is 0 Å². The van der Waals surface area contributed by atoms with Gasteiger partial charge in [-0.3, -0.25) is 4.99 Å². The van der Waals surface area contributed by atoms with Crippen molar-refractivity contribution in [2.45, 2.75) is 32.9 Å². The lowest BCUT2D eigenvalue weighted by atomic mass is 10.1. The molecule has 0 aliphatic heterocycles. The van der Waals surface area contributed by atoms with Crippen LogP contribution >= 0.6 is 24.0 Å². The standard InChI is InChI=1S/C24H31N5O2.HI/c1-4-31-21-13-12-20(17-22(21)30-3)28-24(25-2)27-18-23-26-14-16-29(23)15-8-11-19-9-6-5-7-10-19;/h5-7,9-10,12-14,16-17H,4,8,11,15,18H2,1-3H3,(H2,25,27,28);1H. The average molecular weight is 549 g/mol. The van der Waals surface area contributed by atoms with Crippen molar-refractivity contribution in [2.24, 2.45) is 4.99 Å². The number of aryl methyl sites for hydroxylation is 2. The quantitative estimate of drug-likeness (QED) is 0.218. The first kappa shape index (κ1) is 25.5. The van der Waals surface area contributed by atoms with Crippen LogP contribution in [0.15, 0.2) is 65.9 Å². The van der Waals surface area contributed by atoms with Gasteiger partial charge in [0.05, 0.1) is 20.3 Å². The Bertz CT molecular complexity index is 976. The zero-order chi connectivity index (χ0) is 21.9. The molecule has 172 valence electrons. The van der Waals surface area contributed by atoms with Gasteiger partial charge in [0.1, 0.15) is 5.82 Å². The Morgan fingerprint density at radius 2 is 1.94 bits per heavy atom. The maximum atomic E-state index is 5.57. The number of rotatable bonds is 10. The molecule has 0 unspecified atom stereocenters. The Hall–Kier alpha value is -2.75. The van der Waals surface area contributed by atoms with Gasteiger partial charge in [0.15, 0.2) is 17.5 Å². The maximum Gasteiger partial charge on any atom is 0.195 e. The van der Waals surface area contributed by atoms with Crippen LogP contribution in [0, 0.1) is 0 Å². The minimum absolute atomic E-state index is 0. The highest BCUT2D eigenvalue weighted by Gasteiger charge is 2.08. The number of aromatic nitrogens is 2. The van der Waals surface area contributed by atoms with E-state index in [1.807, 2.05) is 43.6 Å². The Balaban J connectivity index is 0.00000363. The van der Waals surface area contributed by atoms with Gasteiger partial charge in [-0.25, -0.2) is 4.98 Å². The van der Waals surface area contributed by atoms with E-state index in [9.17, 15) is 0 Å². The number of ether oxygens (including phenoxy) is 2. The lowest BCUT2D eigenvalue weighted by Crippen LogP contribution is -2.31. The number of nitrogens with zero attached hydrogens (tertiary/aromatic N) is 3. The normalized spacial score (nSPS) is 10.9. The van der Waals surface area contributed by atoms with E-state index in [1.165, 1.54) is 5.56 Å². The number of nitrogens with one attached hydrogen (secondary N) is 2. The number of aliphatic imine (C=N–C) groups is 1. The van der Waals surface area contributed by atoms with Crippen LogP contribution in [-0.2, 0) is 19.5 Å². The van der Waals surface area contributed by atoms with Crippen molar-refractivity contribution >= 4 is 35.6 Å². The first-order chi connectivity index (χ1) is 15.2. The summed E-state index contributed by atoms with van der Waals surface area (Å²) in [5.41, 5.74) is 2.22. The van der Waals surface area contributed by atoms with Crippen molar-refractivity contribution in [1.29, 1.82) is 0 Å². The second kappa shape index (κ2) is 13.6. The molecule has 0 fully saturated rings. The van der Waals surface area contributed by atoms with Crippen molar-refractivity contribution in [2.75, 3.05) is 26.1 Å². The third-order valence-corrected chi connectivity index (χ3v) is 4.87. The van der Waals surface area contributed by atoms with Gasteiger partial charge in [-0.15, -0.1) is 24.0 Å². The summed E-state index contributed by atoms with van der Waals surface area (Å²) >= 11 is 0. The second-order valence-corrected chi connectivity index (χ2v) is 6.98. The van der Waals surface area contributed by atoms with Gasteiger partial charge in [0, 0.05) is 37.7 Å². The topological polar surface area (TPSA) is 72.7 Å². The van der Waals surface area contributed by atoms with E-state index in [0.717, 1.165) is 36.6 Å². The van der Waals surface area contributed by atoms with E-state index >= 15 is 0 Å². The van der Waals surface area contributed by atoms with Crippen LogP contribution in [0.5, 0.6) is 11.5 Å². The van der Waals surface area contributed by atoms with Crippen molar-refractivity contribution in [3.05, 3.63) is 72.3 Å². The molecule has 0 aliphatic rings. The Morgan fingerprint density at radius 1 is 1.12 bits per heavy atom. The summed E-state index contributed by atoms with van der Waals surface area (Å²) in [6.07, 6.45) is 5.98. The van der Waals surface area contributed by atoms with E-state index in [-0.39, 0.29) is 24.0 Å². The number of halogens is 1. The third-order valence-electron chi connectivity index (χ3n) is 4.87. The molecule has 0 aliphatic carbocycles. The molecule has 8 heteroatoms. The molecule has 7 nitrogen and oxygen atoms in total. The van der Waals surface area contributed by atoms with Crippen LogP contribution in [-0.4, -0.2) is 36.3 Å². The van der Waals surface area contributed by atoms with Gasteiger partial charge in [0.25, 0.3) is 0 Å². The number of benzene rings is 2. The van der Waals surface area contributed by atoms with Gasteiger partial charge in [-0.05, 0) is 37.5 Å². The second-order valence-electron chi connectivity index (χ2n) is 6.98. The fourth-order valence-corrected chi connectivity index (χ4v) is 3.31. The fourth-order valence-electron chi connectivity index (χ4n) is 3.31. The third kappa shape index (κ3) is 7.44. The SMILES string of the molecule is CCOc1ccc(NC(=NC)NCc2nccn2CCCc2ccccc2)cc1OC.I. The monoisotopic (exact) mass is 549 g/mol. The van der Waals surface area contributed by atoms with Crippen molar-refractivity contribution in [1.82, 2.24) is 14.9 Å². The molecule has 2 aromatic carbocycles. The zero-order valence-corrected chi connectivity index (χ0v) is 21.2. The first-order valence-electron chi connectivity index (χ1n) is 10.6. The minimum Gasteiger partial charge on any atom is -0.493 e. The van der Waals surface area contributed by atoms with Crippen molar-refractivity contribution in [3.8, 4) is 11.5 Å². The summed E-state index contributed by atoms with van der Waals surface area (Å²) in [7, 11) is 3.37. The lowest BCUT2D eigenvalue weighted by Gasteiger charge is -2.15. The summed E-state index contributed by atoms with van der Waals surface area (Å²) in [5.74, 6) is 3.03. The largest absolute Gasteiger partial charge is 0.493 e. The Labute approximate surface area is 207 Å². The number of hydrogen-bond acceptors (Lipinski definition) is 4. The van der Waals surface area contributed by atoms with E-state index in [4.69, 9.17) is 9.47 Å². The molecule has 0 atom stereocenters. The average Bonchev–Trinajstić information content (AvgIpc) is 3.25. The van der Waals surface area contributed by atoms with Crippen LogP contribution in [0.3, 0.4) is 0 Å². The number of hydrogen-bond donors (Lipinski definition) is 2. The van der Waals surface area contributed by atoms with Gasteiger partial charge in [-0.2, -0.15) is 0 Å². The maximum absolute atomic E-state index is 5.57. The smallest absolute Gasteiger partial charge is 0.195 e. The van der Waals surface area contributed by atoms with E-state index in [0.29, 0.717) is 24.9 Å². The van der Waals surface area contributed by atoms with Gasteiger partial charge < -0.3 is 24.7 Å². The molecule has 0 saturated carbocycles. The molecule has 2 N–H and O–H groups in total. The van der Waals surface area contributed by atoms with Crippen molar-refractivity contribution < 1.29 is 9.47 Å². The molecule has 32 heavy (non-hydrogen) atoms. The van der Waals surface area contributed by atoms with Gasteiger partial charge in [0.2, 0.25) is 0 Å². The minimum atomic E-state index is 0. The molecule has 3 aromatic rings. The molecular formula is C24H32IN5O2. The first-order valence-corrected chi connectivity index (χ1v) is 10.6. The molecule has 0 saturated heterocycles. The number of methoxy groups -OCH3 is 1. The predicted octanol–water partition coefficient (Wildman–Crippen LogP) is 4.73. The molecule has 0 bridgehead atoms. The number of guanidine groups is 1. The molecular weight excluding hydrogens is 517 g/mol. The molecule has 1 aromatic heterocycles. The highest BCUT2D eigenvalue weighted by molar-refractivity contribution is 14.0. The van der Waals surface area contributed by atoms with Crippen LogP contribution in [0.2, 0.25) is 0 Å². The van der Waals surface area contributed by atoms with E-state index < -0.39 is 0 Å². The Kier molecular flexibility index (Phi) is 10.9. The van der Waals surface area contributed by atoms with E-state index in [2.05, 4.69) is 49.4 Å². The summed E-state index contributed by atoms with van der Waals surface area (Å²) < 4.78 is 13.2. The van der Waals surface area contributed by atoms with Gasteiger partial charge in [-0.1, -0.05) is 30.3 Å². The summed E-state index contributed by atoms with van der Waals surface area (Å²) in [4.78, 5) is 8.81. The highest BCUT2D eigenvalue weighted by Crippen LogP contribution is 2.30. The van der Waals surface area contributed by atoms with Crippen LogP contribution in [0.4, 0.5) is 5.69 Å². The van der Waals surface area contributed by atoms with Gasteiger partial charge >= 0.3 is 0 Å². The predicted molar refractivity (Wildman–Crippen MR) is 140 cm³/mol. The van der Waals surface area contributed by atoms with Crippen LogP contribution < -0.4 is 20.1 Å². The number of anilines is 1. The van der Waals surface area contributed by atoms with E-state index in [1.54, 1.807) is 14.2 Å². The Morgan fingerprint density at radius 3 is 2.66 bits per heavy atom. The summed E-state index contributed by atoms with van der Waals surface area (Å²) in [5, 5.41) is 6.62. The summed E-state index contributed by atoms with van der Waals surface area (Å²) in [6.45, 7) is 4.04. The molecule has 0 radical (unpaired) electrons.